The Balaban J connectivity index is 1.61. The summed E-state index contributed by atoms with van der Waals surface area (Å²) in [6.07, 6.45) is 9.44. The highest BCUT2D eigenvalue weighted by molar-refractivity contribution is 5.86. The fourth-order valence-electron chi connectivity index (χ4n) is 5.07. The lowest BCUT2D eigenvalue weighted by Gasteiger charge is -2.25. The minimum Gasteiger partial charge on any atom is -0.493 e. The number of benzene rings is 3. The molecule has 0 atom stereocenters. The van der Waals surface area contributed by atoms with Gasteiger partial charge in [-0.1, -0.05) is 70.7 Å². The van der Waals surface area contributed by atoms with Crippen molar-refractivity contribution in [2.45, 2.75) is 78.6 Å². The van der Waals surface area contributed by atoms with Gasteiger partial charge in [-0.15, -0.1) is 0 Å². The first-order chi connectivity index (χ1) is 23.6. The molecule has 0 spiro atoms. The van der Waals surface area contributed by atoms with Crippen LogP contribution in [0.2, 0.25) is 0 Å². The minimum atomic E-state index is -0.863. The lowest BCUT2D eigenvalue weighted by Crippen LogP contribution is -2.33. The molecular weight excluding hydrogens is 630 g/mol. The Kier molecular flexibility index (Phi) is 16.5. The summed E-state index contributed by atoms with van der Waals surface area (Å²) < 4.78 is 52.6. The minimum absolute atomic E-state index is 0.0422. The van der Waals surface area contributed by atoms with Gasteiger partial charge in [0, 0.05) is 11.0 Å². The molecule has 9 heteroatoms. The van der Waals surface area contributed by atoms with Gasteiger partial charge in [-0.25, -0.2) is 13.6 Å². The molecule has 0 bridgehead atoms. The van der Waals surface area contributed by atoms with Crippen LogP contribution in [0.5, 0.6) is 17.2 Å². The maximum Gasteiger partial charge on any atom is 0.333 e. The molecule has 0 radical (unpaired) electrons. The predicted octanol–water partition coefficient (Wildman–Crippen LogP) is 8.41. The van der Waals surface area contributed by atoms with Crippen LogP contribution in [0.15, 0.2) is 66.7 Å². The standard InChI is InChI=1S/C40H52F2O7/c1-5-6-7-8-9-10-12-30-14-17-34(18-15-30)46-21-22-47-38-35(41)24-33(25-36(38)42)31-16-19-37(49-28-40(4,26-43)27-44)32(23-31)13-11-20-48-39(45)29(2)3/h14-19,23-25,43-44H,2,5-13,20-22,26-28H2,1,3-4H3. The van der Waals surface area contributed by atoms with Crippen LogP contribution in [0.4, 0.5) is 8.78 Å². The van der Waals surface area contributed by atoms with Gasteiger partial charge in [0.2, 0.25) is 0 Å². The molecule has 268 valence electrons. The number of hydrogen-bond acceptors (Lipinski definition) is 7. The number of carbonyl (C=O) groups is 1. The fraction of sp³-hybridized carbons (Fsp3) is 0.475. The first kappa shape index (κ1) is 39.5. The molecule has 7 nitrogen and oxygen atoms in total. The molecule has 0 aliphatic rings. The van der Waals surface area contributed by atoms with E-state index in [1.165, 1.54) is 56.2 Å². The number of aryl methyl sites for hydroxylation is 2. The van der Waals surface area contributed by atoms with Crippen LogP contribution in [0.3, 0.4) is 0 Å². The van der Waals surface area contributed by atoms with E-state index in [9.17, 15) is 15.0 Å². The average Bonchev–Trinajstić information content (AvgIpc) is 3.10. The van der Waals surface area contributed by atoms with E-state index in [0.29, 0.717) is 46.6 Å². The van der Waals surface area contributed by atoms with E-state index >= 15 is 8.78 Å². The van der Waals surface area contributed by atoms with Gasteiger partial charge in [-0.2, -0.15) is 0 Å². The van der Waals surface area contributed by atoms with Crippen LogP contribution in [0.25, 0.3) is 11.1 Å². The Morgan fingerprint density at radius 3 is 2.08 bits per heavy atom. The summed E-state index contributed by atoms with van der Waals surface area (Å²) in [5, 5.41) is 19.3. The lowest BCUT2D eigenvalue weighted by atomic mass is 9.94. The van der Waals surface area contributed by atoms with Crippen molar-refractivity contribution >= 4 is 5.97 Å². The van der Waals surface area contributed by atoms with E-state index in [1.807, 2.05) is 24.3 Å². The average molecular weight is 683 g/mol. The number of aliphatic hydroxyl groups excluding tert-OH is 2. The number of hydrogen-bond donors (Lipinski definition) is 2. The van der Waals surface area contributed by atoms with Crippen molar-refractivity contribution < 1.29 is 42.7 Å². The SMILES string of the molecule is C=C(C)C(=O)OCCCc1cc(-c2cc(F)c(OCCOc3ccc(CCCCCCCC)cc3)c(F)c2)ccc1OCC(C)(CO)CO. The van der Waals surface area contributed by atoms with Crippen LogP contribution in [0, 0.1) is 17.0 Å². The topological polar surface area (TPSA) is 94.5 Å². The summed E-state index contributed by atoms with van der Waals surface area (Å²) in [4.78, 5) is 11.8. The second-order valence-corrected chi connectivity index (χ2v) is 12.9. The number of aliphatic hydroxyl groups is 2. The third-order valence-electron chi connectivity index (χ3n) is 8.24. The van der Waals surface area contributed by atoms with E-state index in [0.717, 1.165) is 6.42 Å². The Bertz CT molecular complexity index is 1440. The molecule has 0 aliphatic heterocycles. The lowest BCUT2D eigenvalue weighted by molar-refractivity contribution is -0.139. The zero-order chi connectivity index (χ0) is 35.6. The van der Waals surface area contributed by atoms with Gasteiger partial charge < -0.3 is 29.2 Å². The third-order valence-corrected chi connectivity index (χ3v) is 8.24. The summed E-state index contributed by atoms with van der Waals surface area (Å²) in [7, 11) is 0. The number of halogens is 2. The summed E-state index contributed by atoms with van der Waals surface area (Å²) in [5.41, 5.74) is 2.24. The van der Waals surface area contributed by atoms with Crippen molar-refractivity contribution in [2.24, 2.45) is 5.41 Å². The number of rotatable bonds is 23. The third kappa shape index (κ3) is 13.1. The Labute approximate surface area is 289 Å². The van der Waals surface area contributed by atoms with Crippen LogP contribution >= 0.6 is 0 Å². The van der Waals surface area contributed by atoms with E-state index in [2.05, 4.69) is 13.5 Å². The summed E-state index contributed by atoms with van der Waals surface area (Å²) in [6.45, 7) is 8.75. The smallest absolute Gasteiger partial charge is 0.333 e. The predicted molar refractivity (Wildman–Crippen MR) is 188 cm³/mol. The fourth-order valence-corrected chi connectivity index (χ4v) is 5.07. The zero-order valence-corrected chi connectivity index (χ0v) is 29.2. The molecule has 0 unspecified atom stereocenters. The maximum atomic E-state index is 15.1. The number of carbonyl (C=O) groups excluding carboxylic acids is 1. The van der Waals surface area contributed by atoms with Gasteiger partial charge in [-0.05, 0) is 91.3 Å². The van der Waals surface area contributed by atoms with Crippen LogP contribution in [-0.2, 0) is 22.4 Å². The second-order valence-electron chi connectivity index (χ2n) is 12.9. The van der Waals surface area contributed by atoms with Gasteiger partial charge in [0.05, 0.1) is 26.4 Å². The summed E-state index contributed by atoms with van der Waals surface area (Å²) >= 11 is 0. The van der Waals surface area contributed by atoms with Crippen LogP contribution in [0.1, 0.15) is 76.8 Å². The molecule has 0 heterocycles. The molecule has 3 rings (SSSR count). The first-order valence-corrected chi connectivity index (χ1v) is 17.2. The highest BCUT2D eigenvalue weighted by Gasteiger charge is 2.24. The zero-order valence-electron chi connectivity index (χ0n) is 29.2. The number of ether oxygens (including phenoxy) is 4. The van der Waals surface area contributed by atoms with Gasteiger partial charge in [0.15, 0.2) is 17.4 Å². The van der Waals surface area contributed by atoms with Crippen molar-refractivity contribution in [3.63, 3.8) is 0 Å². The molecular formula is C40H52F2O7. The van der Waals surface area contributed by atoms with Gasteiger partial charge >= 0.3 is 5.97 Å². The maximum absolute atomic E-state index is 15.1. The van der Waals surface area contributed by atoms with Gasteiger partial charge in [0.25, 0.3) is 0 Å². The van der Waals surface area contributed by atoms with Crippen molar-refractivity contribution in [1.82, 2.24) is 0 Å². The summed E-state index contributed by atoms with van der Waals surface area (Å²) in [6, 6.07) is 15.4. The van der Waals surface area contributed by atoms with E-state index in [4.69, 9.17) is 18.9 Å². The molecule has 0 saturated heterocycles. The highest BCUT2D eigenvalue weighted by atomic mass is 19.1. The molecule has 3 aromatic rings. The van der Waals surface area contributed by atoms with E-state index < -0.39 is 28.8 Å². The van der Waals surface area contributed by atoms with Crippen molar-refractivity contribution in [3.05, 3.63) is 89.5 Å². The van der Waals surface area contributed by atoms with Crippen molar-refractivity contribution in [1.29, 1.82) is 0 Å². The second kappa shape index (κ2) is 20.5. The molecule has 0 aliphatic carbocycles. The van der Waals surface area contributed by atoms with Gasteiger partial charge in [0.1, 0.15) is 24.7 Å². The normalized spacial score (nSPS) is 11.3. The molecule has 0 amide bonds. The quantitative estimate of drug-likeness (QED) is 0.0589. The van der Waals surface area contributed by atoms with Crippen LogP contribution < -0.4 is 14.2 Å². The highest BCUT2D eigenvalue weighted by Crippen LogP contribution is 2.33. The molecule has 0 saturated carbocycles. The first-order valence-electron chi connectivity index (χ1n) is 17.2. The molecule has 2 N–H and O–H groups in total. The molecule has 3 aromatic carbocycles. The largest absolute Gasteiger partial charge is 0.493 e. The summed E-state index contributed by atoms with van der Waals surface area (Å²) in [5.74, 6) is -1.50. The van der Waals surface area contributed by atoms with Crippen molar-refractivity contribution in [2.75, 3.05) is 39.6 Å². The monoisotopic (exact) mass is 682 g/mol. The van der Waals surface area contributed by atoms with Gasteiger partial charge in [-0.3, -0.25) is 0 Å². The van der Waals surface area contributed by atoms with Crippen molar-refractivity contribution in [3.8, 4) is 28.4 Å². The number of unbranched alkanes of at least 4 members (excludes halogenated alkanes) is 5. The Morgan fingerprint density at radius 2 is 1.43 bits per heavy atom. The Hall–Kier alpha value is -3.95. The number of esters is 1. The molecule has 49 heavy (non-hydrogen) atoms. The van der Waals surface area contributed by atoms with E-state index in [1.54, 1.807) is 32.0 Å². The van der Waals surface area contributed by atoms with E-state index in [-0.39, 0.29) is 39.6 Å². The van der Waals surface area contributed by atoms with Crippen LogP contribution in [-0.4, -0.2) is 55.8 Å². The molecule has 0 fully saturated rings. The Morgan fingerprint density at radius 1 is 0.776 bits per heavy atom. The molecule has 0 aromatic heterocycles.